The van der Waals surface area contributed by atoms with E-state index in [0.29, 0.717) is 11.8 Å². The first kappa shape index (κ1) is 14.8. The molecule has 2 aliphatic carbocycles. The Hall–Kier alpha value is -1.09. The van der Waals surface area contributed by atoms with Crippen LogP contribution in [0.1, 0.15) is 57.4 Å². The predicted octanol–water partition coefficient (Wildman–Crippen LogP) is 4.43. The Bertz CT molecular complexity index is 464. The lowest BCUT2D eigenvalue weighted by atomic mass is 9.86. The van der Waals surface area contributed by atoms with Crippen molar-refractivity contribution in [2.45, 2.75) is 70.6 Å². The number of hydrogen-bond acceptors (Lipinski definition) is 2. The molecular weight excluding hydrogens is 265 g/mol. The van der Waals surface area contributed by atoms with Gasteiger partial charge in [0.1, 0.15) is 11.6 Å². The number of nitrogens with one attached hydrogen (secondary N) is 1. The zero-order valence-corrected chi connectivity index (χ0v) is 12.9. The molecule has 3 heteroatoms. The summed E-state index contributed by atoms with van der Waals surface area (Å²) in [6.45, 7) is 3.00. The molecule has 1 N–H and O–H groups in total. The highest BCUT2D eigenvalue weighted by atomic mass is 19.1. The fraction of sp³-hybridized carbons (Fsp3) is 0.667. The van der Waals surface area contributed by atoms with Crippen LogP contribution in [-0.4, -0.2) is 12.1 Å². The quantitative estimate of drug-likeness (QED) is 0.837. The van der Waals surface area contributed by atoms with E-state index >= 15 is 0 Å². The lowest BCUT2D eigenvalue weighted by molar-refractivity contribution is 0.129. The lowest BCUT2D eigenvalue weighted by Crippen LogP contribution is -2.24. The van der Waals surface area contributed by atoms with Crippen LogP contribution in [0.2, 0.25) is 0 Å². The number of benzene rings is 1. The van der Waals surface area contributed by atoms with E-state index in [9.17, 15) is 4.39 Å². The average molecular weight is 291 g/mol. The first-order valence-electron chi connectivity index (χ1n) is 8.42. The summed E-state index contributed by atoms with van der Waals surface area (Å²) in [5, 5.41) is 3.42. The minimum absolute atomic E-state index is 0.192. The van der Waals surface area contributed by atoms with Crippen molar-refractivity contribution in [3.8, 4) is 5.75 Å². The van der Waals surface area contributed by atoms with Crippen molar-refractivity contribution in [1.82, 2.24) is 5.32 Å². The van der Waals surface area contributed by atoms with Gasteiger partial charge in [0.15, 0.2) is 0 Å². The van der Waals surface area contributed by atoms with Crippen LogP contribution in [0.3, 0.4) is 0 Å². The molecule has 0 spiro atoms. The molecule has 116 valence electrons. The number of hydrogen-bond donors (Lipinski definition) is 1. The molecule has 0 bridgehead atoms. The summed E-state index contributed by atoms with van der Waals surface area (Å²) in [5.74, 6) is 1.36. The highest BCUT2D eigenvalue weighted by Gasteiger charge is 2.22. The number of ether oxygens (including phenoxy) is 1. The molecule has 2 fully saturated rings. The molecule has 0 unspecified atom stereocenters. The Morgan fingerprint density at radius 1 is 1.10 bits per heavy atom. The Labute approximate surface area is 127 Å². The molecule has 2 nitrogen and oxygen atoms in total. The van der Waals surface area contributed by atoms with Gasteiger partial charge in [-0.25, -0.2) is 4.39 Å². The van der Waals surface area contributed by atoms with Crippen LogP contribution in [0.4, 0.5) is 4.39 Å². The van der Waals surface area contributed by atoms with Crippen molar-refractivity contribution in [2.75, 3.05) is 0 Å². The smallest absolute Gasteiger partial charge is 0.127 e. The normalized spacial score (nSPS) is 25.8. The summed E-state index contributed by atoms with van der Waals surface area (Å²) >= 11 is 0. The maximum absolute atomic E-state index is 13.7. The minimum atomic E-state index is -0.192. The maximum Gasteiger partial charge on any atom is 0.127 e. The summed E-state index contributed by atoms with van der Waals surface area (Å²) in [5.41, 5.74) is 0.985. The third-order valence-corrected chi connectivity index (χ3v) is 4.78. The van der Waals surface area contributed by atoms with E-state index in [1.807, 2.05) is 6.07 Å². The minimum Gasteiger partial charge on any atom is -0.490 e. The summed E-state index contributed by atoms with van der Waals surface area (Å²) in [6.07, 6.45) is 8.72. The van der Waals surface area contributed by atoms with Gasteiger partial charge >= 0.3 is 0 Å². The van der Waals surface area contributed by atoms with Crippen LogP contribution >= 0.6 is 0 Å². The van der Waals surface area contributed by atoms with Gasteiger partial charge < -0.3 is 10.1 Å². The zero-order chi connectivity index (χ0) is 14.7. The highest BCUT2D eigenvalue weighted by Crippen LogP contribution is 2.30. The summed E-state index contributed by atoms with van der Waals surface area (Å²) in [7, 11) is 0. The monoisotopic (exact) mass is 291 g/mol. The first-order chi connectivity index (χ1) is 10.2. The number of halogens is 1. The van der Waals surface area contributed by atoms with Crippen molar-refractivity contribution in [2.24, 2.45) is 5.92 Å². The van der Waals surface area contributed by atoms with Gasteiger partial charge in [0.25, 0.3) is 0 Å². The highest BCUT2D eigenvalue weighted by molar-refractivity contribution is 5.30. The van der Waals surface area contributed by atoms with Gasteiger partial charge in [0, 0.05) is 18.7 Å². The Balaban J connectivity index is 1.56. The fourth-order valence-electron chi connectivity index (χ4n) is 3.19. The van der Waals surface area contributed by atoms with Gasteiger partial charge in [-0.2, -0.15) is 0 Å². The van der Waals surface area contributed by atoms with Crippen LogP contribution in [0.5, 0.6) is 5.75 Å². The fourth-order valence-corrected chi connectivity index (χ4v) is 3.19. The second-order valence-electron chi connectivity index (χ2n) is 6.62. The van der Waals surface area contributed by atoms with Gasteiger partial charge in [-0.3, -0.25) is 0 Å². The van der Waals surface area contributed by atoms with Crippen molar-refractivity contribution < 1.29 is 9.13 Å². The topological polar surface area (TPSA) is 21.3 Å². The SMILES string of the molecule is CCC1CCC(Oc2cc(F)cc(CNC3CC3)c2)CC1. The van der Waals surface area contributed by atoms with Crippen LogP contribution in [0.25, 0.3) is 0 Å². The van der Waals surface area contributed by atoms with Crippen LogP contribution in [-0.2, 0) is 6.54 Å². The van der Waals surface area contributed by atoms with Crippen molar-refractivity contribution in [1.29, 1.82) is 0 Å². The van der Waals surface area contributed by atoms with Gasteiger partial charge in [0.2, 0.25) is 0 Å². The molecule has 0 saturated heterocycles. The Morgan fingerprint density at radius 2 is 1.86 bits per heavy atom. The summed E-state index contributed by atoms with van der Waals surface area (Å²) < 4.78 is 19.8. The predicted molar refractivity (Wildman–Crippen MR) is 82.9 cm³/mol. The molecule has 21 heavy (non-hydrogen) atoms. The Kier molecular flexibility index (Phi) is 4.79. The van der Waals surface area contributed by atoms with Crippen LogP contribution < -0.4 is 10.1 Å². The molecule has 2 aliphatic rings. The zero-order valence-electron chi connectivity index (χ0n) is 12.9. The van der Waals surface area contributed by atoms with E-state index in [1.54, 1.807) is 6.07 Å². The molecule has 2 saturated carbocycles. The molecule has 0 atom stereocenters. The van der Waals surface area contributed by atoms with Gasteiger partial charge in [-0.15, -0.1) is 0 Å². The maximum atomic E-state index is 13.7. The molecule has 1 aromatic carbocycles. The second-order valence-corrected chi connectivity index (χ2v) is 6.62. The van der Waals surface area contributed by atoms with E-state index in [2.05, 4.69) is 12.2 Å². The van der Waals surface area contributed by atoms with Crippen LogP contribution in [0, 0.1) is 11.7 Å². The first-order valence-corrected chi connectivity index (χ1v) is 8.42. The molecule has 0 amide bonds. The molecule has 0 aromatic heterocycles. The molecule has 3 rings (SSSR count). The van der Waals surface area contributed by atoms with Crippen molar-refractivity contribution in [3.05, 3.63) is 29.6 Å². The van der Waals surface area contributed by atoms with Crippen LogP contribution in [0.15, 0.2) is 18.2 Å². The Morgan fingerprint density at radius 3 is 2.52 bits per heavy atom. The van der Waals surface area contributed by atoms with E-state index in [-0.39, 0.29) is 11.9 Å². The summed E-state index contributed by atoms with van der Waals surface area (Å²) in [4.78, 5) is 0. The van der Waals surface area contributed by atoms with E-state index in [4.69, 9.17) is 4.74 Å². The number of rotatable bonds is 6. The standard InChI is InChI=1S/C18H26FNO/c1-2-13-3-7-17(8-4-13)21-18-10-14(9-15(19)11-18)12-20-16-5-6-16/h9-11,13,16-17,20H,2-8,12H2,1H3. The van der Waals surface area contributed by atoms with Crippen molar-refractivity contribution >= 4 is 0 Å². The lowest BCUT2D eigenvalue weighted by Gasteiger charge is -2.28. The molecule has 0 radical (unpaired) electrons. The molecule has 1 aromatic rings. The van der Waals surface area contributed by atoms with Crippen molar-refractivity contribution in [3.63, 3.8) is 0 Å². The average Bonchev–Trinajstić information content (AvgIpc) is 3.30. The summed E-state index contributed by atoms with van der Waals surface area (Å²) in [6, 6.07) is 5.76. The molecule has 0 heterocycles. The molecule has 0 aliphatic heterocycles. The third-order valence-electron chi connectivity index (χ3n) is 4.78. The van der Waals surface area contributed by atoms with Gasteiger partial charge in [0.05, 0.1) is 6.10 Å². The third kappa shape index (κ3) is 4.44. The van der Waals surface area contributed by atoms with E-state index < -0.39 is 0 Å². The second kappa shape index (κ2) is 6.78. The molecular formula is C18H26FNO. The van der Waals surface area contributed by atoms with E-state index in [1.165, 1.54) is 38.2 Å². The van der Waals surface area contributed by atoms with Gasteiger partial charge in [-0.1, -0.05) is 13.3 Å². The van der Waals surface area contributed by atoms with E-state index in [0.717, 1.165) is 30.9 Å². The van der Waals surface area contributed by atoms with Gasteiger partial charge in [-0.05, 0) is 62.1 Å². The largest absolute Gasteiger partial charge is 0.490 e.